The molecule has 0 radical (unpaired) electrons. The largest absolute Gasteiger partial charge is 0.465 e. The van der Waals surface area contributed by atoms with Gasteiger partial charge in [0.25, 0.3) is 5.91 Å². The van der Waals surface area contributed by atoms with Crippen molar-refractivity contribution in [1.29, 1.82) is 0 Å². The Labute approximate surface area is 163 Å². The highest BCUT2D eigenvalue weighted by molar-refractivity contribution is 6.07. The minimum absolute atomic E-state index is 0.251. The molecule has 6 heteroatoms. The van der Waals surface area contributed by atoms with Crippen LogP contribution in [-0.2, 0) is 11.3 Å². The highest BCUT2D eigenvalue weighted by Crippen LogP contribution is 2.17. The van der Waals surface area contributed by atoms with Crippen LogP contribution in [0.25, 0.3) is 0 Å². The van der Waals surface area contributed by atoms with E-state index in [1.807, 2.05) is 0 Å². The number of benzene rings is 2. The Morgan fingerprint density at radius 2 is 1.75 bits per heavy atom. The lowest BCUT2D eigenvalue weighted by Crippen LogP contribution is -2.16. The topological polar surface area (TPSA) is 80.3 Å². The second kappa shape index (κ2) is 8.81. The number of aryl methyl sites for hydroxylation is 1. The highest BCUT2D eigenvalue weighted by Gasteiger charge is 2.14. The smallest absolute Gasteiger partial charge is 0.339 e. The van der Waals surface area contributed by atoms with Gasteiger partial charge in [-0.3, -0.25) is 4.79 Å². The lowest BCUT2D eigenvalue weighted by atomic mass is 10.1. The molecule has 0 aliphatic heterocycles. The van der Waals surface area contributed by atoms with Gasteiger partial charge in [-0.25, -0.2) is 9.78 Å². The van der Waals surface area contributed by atoms with Crippen LogP contribution >= 0.6 is 0 Å². The molecule has 3 rings (SSSR count). The lowest BCUT2D eigenvalue weighted by Gasteiger charge is -2.10. The summed E-state index contributed by atoms with van der Waals surface area (Å²) in [6, 6.07) is 18.4. The average molecular weight is 375 g/mol. The molecule has 1 heterocycles. The predicted octanol–water partition coefficient (Wildman–Crippen LogP) is 4.04. The third-order valence-electron chi connectivity index (χ3n) is 4.19. The molecule has 6 nitrogen and oxygen atoms in total. The maximum atomic E-state index is 12.5. The number of anilines is 2. The van der Waals surface area contributed by atoms with E-state index in [0.29, 0.717) is 12.2 Å². The fourth-order valence-corrected chi connectivity index (χ4v) is 2.61. The molecule has 2 N–H and O–H groups in total. The average Bonchev–Trinajstić information content (AvgIpc) is 2.73. The van der Waals surface area contributed by atoms with Crippen molar-refractivity contribution >= 4 is 23.3 Å². The maximum absolute atomic E-state index is 12.5. The molecule has 0 saturated heterocycles. The van der Waals surface area contributed by atoms with Crippen LogP contribution in [0.3, 0.4) is 0 Å². The number of ether oxygens (including phenoxy) is 1. The van der Waals surface area contributed by atoms with E-state index in [-0.39, 0.29) is 11.3 Å². The van der Waals surface area contributed by atoms with Gasteiger partial charge in [0.1, 0.15) is 5.69 Å². The van der Waals surface area contributed by atoms with Gasteiger partial charge in [0, 0.05) is 6.54 Å². The van der Waals surface area contributed by atoms with Gasteiger partial charge >= 0.3 is 5.97 Å². The first-order valence-electron chi connectivity index (χ1n) is 8.81. The first-order chi connectivity index (χ1) is 13.6. The van der Waals surface area contributed by atoms with Crippen molar-refractivity contribution in [1.82, 2.24) is 4.98 Å². The van der Waals surface area contributed by atoms with E-state index in [1.54, 1.807) is 42.6 Å². The molecule has 0 saturated carbocycles. The van der Waals surface area contributed by atoms with Crippen LogP contribution in [-0.4, -0.2) is 24.0 Å². The summed E-state index contributed by atoms with van der Waals surface area (Å²) in [7, 11) is 1.30. The van der Waals surface area contributed by atoms with Crippen molar-refractivity contribution in [2.24, 2.45) is 0 Å². The van der Waals surface area contributed by atoms with Crippen molar-refractivity contribution in [3.63, 3.8) is 0 Å². The van der Waals surface area contributed by atoms with E-state index < -0.39 is 11.9 Å². The molecular formula is C22H21N3O3. The summed E-state index contributed by atoms with van der Waals surface area (Å²) in [5.74, 6) is -0.916. The Morgan fingerprint density at radius 3 is 2.43 bits per heavy atom. The van der Waals surface area contributed by atoms with Crippen molar-refractivity contribution < 1.29 is 14.3 Å². The van der Waals surface area contributed by atoms with Crippen molar-refractivity contribution in [3.8, 4) is 0 Å². The van der Waals surface area contributed by atoms with Gasteiger partial charge in [-0.05, 0) is 36.8 Å². The van der Waals surface area contributed by atoms with Crippen molar-refractivity contribution in [2.45, 2.75) is 13.5 Å². The molecule has 1 amide bonds. The molecular weight excluding hydrogens is 354 g/mol. The predicted molar refractivity (Wildman–Crippen MR) is 108 cm³/mol. The SMILES string of the molecule is COC(=O)c1ccccc1NC(=O)c1ccc(NCc2ccc(C)cc2)cn1. The molecule has 28 heavy (non-hydrogen) atoms. The van der Waals surface area contributed by atoms with Gasteiger partial charge in [-0.15, -0.1) is 0 Å². The second-order valence-electron chi connectivity index (χ2n) is 6.26. The van der Waals surface area contributed by atoms with Crippen molar-refractivity contribution in [3.05, 3.63) is 89.2 Å². The van der Waals surface area contributed by atoms with E-state index in [0.717, 1.165) is 11.3 Å². The molecule has 0 spiro atoms. The molecule has 142 valence electrons. The molecule has 0 fully saturated rings. The number of aromatic nitrogens is 1. The van der Waals surface area contributed by atoms with Crippen LogP contribution in [0.2, 0.25) is 0 Å². The van der Waals surface area contributed by atoms with E-state index in [1.165, 1.54) is 12.7 Å². The zero-order chi connectivity index (χ0) is 19.9. The number of esters is 1. The number of pyridine rings is 1. The number of amides is 1. The van der Waals surface area contributed by atoms with Crippen LogP contribution in [0.1, 0.15) is 32.0 Å². The zero-order valence-corrected chi connectivity index (χ0v) is 15.7. The number of methoxy groups -OCH3 is 1. The first kappa shape index (κ1) is 19.1. The number of para-hydroxylation sites is 1. The molecule has 3 aromatic rings. The Kier molecular flexibility index (Phi) is 6.01. The third-order valence-corrected chi connectivity index (χ3v) is 4.19. The van der Waals surface area contributed by atoms with Crippen molar-refractivity contribution in [2.75, 3.05) is 17.7 Å². The van der Waals surface area contributed by atoms with Gasteiger partial charge in [-0.1, -0.05) is 42.0 Å². The molecule has 2 aromatic carbocycles. The molecule has 0 aliphatic rings. The molecule has 1 aromatic heterocycles. The number of nitrogens with one attached hydrogen (secondary N) is 2. The number of carbonyl (C=O) groups is 2. The fourth-order valence-electron chi connectivity index (χ4n) is 2.61. The van der Waals surface area contributed by atoms with Crippen LogP contribution in [0.5, 0.6) is 0 Å². The van der Waals surface area contributed by atoms with E-state index >= 15 is 0 Å². The lowest BCUT2D eigenvalue weighted by molar-refractivity contribution is 0.0602. The highest BCUT2D eigenvalue weighted by atomic mass is 16.5. The minimum Gasteiger partial charge on any atom is -0.465 e. The van der Waals surface area contributed by atoms with Gasteiger partial charge in [0.15, 0.2) is 0 Å². The summed E-state index contributed by atoms with van der Waals surface area (Å²) in [5.41, 5.74) is 4.10. The van der Waals surface area contributed by atoms with Gasteiger partial charge in [0.2, 0.25) is 0 Å². The third kappa shape index (κ3) is 4.73. The number of hydrogen-bond donors (Lipinski definition) is 2. The van der Waals surface area contributed by atoms with Crippen LogP contribution in [0.15, 0.2) is 66.9 Å². The standard InChI is InChI=1S/C22H21N3O3/c1-15-7-9-16(10-8-15)13-23-17-11-12-20(24-14-17)21(26)25-19-6-4-3-5-18(19)22(27)28-2/h3-12,14,23H,13H2,1-2H3,(H,25,26). The van der Waals surface area contributed by atoms with E-state index in [9.17, 15) is 9.59 Å². The number of carbonyl (C=O) groups excluding carboxylic acids is 2. The summed E-state index contributed by atoms with van der Waals surface area (Å²) < 4.78 is 4.74. The second-order valence-corrected chi connectivity index (χ2v) is 6.26. The fraction of sp³-hybridized carbons (Fsp3) is 0.136. The minimum atomic E-state index is -0.514. The Balaban J connectivity index is 1.64. The summed E-state index contributed by atoms with van der Waals surface area (Å²) >= 11 is 0. The molecule has 0 atom stereocenters. The number of rotatable bonds is 6. The maximum Gasteiger partial charge on any atom is 0.339 e. The number of hydrogen-bond acceptors (Lipinski definition) is 5. The monoisotopic (exact) mass is 375 g/mol. The molecule has 0 aliphatic carbocycles. The summed E-state index contributed by atoms with van der Waals surface area (Å²) in [4.78, 5) is 28.5. The summed E-state index contributed by atoms with van der Waals surface area (Å²) in [5, 5.41) is 5.97. The Hall–Kier alpha value is -3.67. The molecule has 0 bridgehead atoms. The summed E-state index contributed by atoms with van der Waals surface area (Å²) in [6.07, 6.45) is 1.61. The first-order valence-corrected chi connectivity index (χ1v) is 8.81. The molecule has 0 unspecified atom stereocenters. The van der Waals surface area contributed by atoms with Crippen LogP contribution < -0.4 is 10.6 Å². The van der Waals surface area contributed by atoms with Gasteiger partial charge < -0.3 is 15.4 Å². The van der Waals surface area contributed by atoms with Crippen LogP contribution in [0.4, 0.5) is 11.4 Å². The quantitative estimate of drug-likeness (QED) is 0.636. The van der Waals surface area contributed by atoms with Crippen LogP contribution in [0, 0.1) is 6.92 Å². The zero-order valence-electron chi connectivity index (χ0n) is 15.7. The number of nitrogens with zero attached hydrogens (tertiary/aromatic N) is 1. The Morgan fingerprint density at radius 1 is 1.00 bits per heavy atom. The van der Waals surface area contributed by atoms with E-state index in [2.05, 4.69) is 46.8 Å². The van der Waals surface area contributed by atoms with Gasteiger partial charge in [0.05, 0.1) is 30.2 Å². The summed E-state index contributed by atoms with van der Waals surface area (Å²) in [6.45, 7) is 2.72. The van der Waals surface area contributed by atoms with E-state index in [4.69, 9.17) is 4.74 Å². The normalized spacial score (nSPS) is 10.2. The Bertz CT molecular complexity index is 967. The van der Waals surface area contributed by atoms with Gasteiger partial charge in [-0.2, -0.15) is 0 Å².